The molecule has 0 spiro atoms. The SMILES string of the molecule is CCCCCCOCCCO[C@@H]1Cc2ccccc2[C@@H]1NC(=O)[C@@H]1CCCN1C(=O)[C@@H](NC(=O)[C@H](C)CC)C(C)(C)C.CC[C@@H](C)C(=O)N[C@H](C(=O)N1CCC[C@H]1C(=O)N[C@H]1c2ccccc2C[C@H]1OCCCOCCCCCO)C(C)(C)C. The highest BCUT2D eigenvalue weighted by atomic mass is 16.5. The maximum absolute atomic E-state index is 13.8. The Bertz CT molecular complexity index is 2210. The zero-order valence-electron chi connectivity index (χ0n) is 53.2. The third-order valence-corrected chi connectivity index (χ3v) is 17.2. The van der Waals surface area contributed by atoms with Gasteiger partial charge in [-0.1, -0.05) is 144 Å². The molecule has 2 aromatic rings. The van der Waals surface area contributed by atoms with Crippen molar-refractivity contribution in [1.82, 2.24) is 31.1 Å². The van der Waals surface area contributed by atoms with Gasteiger partial charge in [0.15, 0.2) is 0 Å². The number of likely N-dealkylation sites (tertiary alicyclic amines) is 2. The number of carbonyl (C=O) groups is 6. The van der Waals surface area contributed by atoms with E-state index in [9.17, 15) is 28.8 Å². The quantitative estimate of drug-likeness (QED) is 0.0436. The minimum Gasteiger partial charge on any atom is -0.396 e. The van der Waals surface area contributed by atoms with Crippen molar-refractivity contribution in [3.05, 3.63) is 70.8 Å². The molecule has 4 aliphatic rings. The van der Waals surface area contributed by atoms with Gasteiger partial charge in [-0.3, -0.25) is 28.8 Å². The van der Waals surface area contributed by atoms with Crippen LogP contribution in [0.1, 0.15) is 207 Å². The predicted octanol–water partition coefficient (Wildman–Crippen LogP) is 9.26. The minimum atomic E-state index is -0.715. The van der Waals surface area contributed by atoms with E-state index < -0.39 is 35.0 Å². The largest absolute Gasteiger partial charge is 0.396 e. The summed E-state index contributed by atoms with van der Waals surface area (Å²) in [7, 11) is 0. The first-order valence-electron chi connectivity index (χ1n) is 32.1. The Morgan fingerprint density at radius 1 is 0.548 bits per heavy atom. The molecule has 10 atom stereocenters. The Balaban J connectivity index is 0.000000307. The van der Waals surface area contributed by atoms with E-state index in [1.165, 1.54) is 24.8 Å². The molecule has 17 heteroatoms. The molecule has 0 saturated carbocycles. The summed E-state index contributed by atoms with van der Waals surface area (Å²) in [4.78, 5) is 84.1. The third-order valence-electron chi connectivity index (χ3n) is 17.2. The van der Waals surface area contributed by atoms with Crippen LogP contribution < -0.4 is 21.3 Å². The van der Waals surface area contributed by atoms with Crippen LogP contribution in [0.4, 0.5) is 0 Å². The fraction of sp³-hybridized carbons (Fsp3) is 0.731. The first-order valence-corrected chi connectivity index (χ1v) is 32.1. The Morgan fingerprint density at radius 2 is 0.940 bits per heavy atom. The van der Waals surface area contributed by atoms with Crippen molar-refractivity contribution in [1.29, 1.82) is 0 Å². The predicted molar refractivity (Wildman–Crippen MR) is 329 cm³/mol. The summed E-state index contributed by atoms with van der Waals surface area (Å²) in [6, 6.07) is 13.1. The molecule has 0 bridgehead atoms. The summed E-state index contributed by atoms with van der Waals surface area (Å²) in [6.07, 6.45) is 14.2. The lowest BCUT2D eigenvalue weighted by molar-refractivity contribution is -0.144. The van der Waals surface area contributed by atoms with E-state index in [0.717, 1.165) is 81.1 Å². The maximum atomic E-state index is 13.8. The molecule has 84 heavy (non-hydrogen) atoms. The number of aliphatic hydroxyl groups is 1. The first kappa shape index (κ1) is 69.8. The van der Waals surface area contributed by atoms with Crippen LogP contribution in [0.25, 0.3) is 0 Å². The van der Waals surface area contributed by atoms with Gasteiger partial charge in [0, 0.05) is 84.0 Å². The van der Waals surface area contributed by atoms with Crippen LogP contribution in [0, 0.1) is 22.7 Å². The topological polar surface area (TPSA) is 214 Å². The molecule has 5 N–H and O–H groups in total. The number of hydrogen-bond acceptors (Lipinski definition) is 11. The minimum absolute atomic E-state index is 0.129. The average Bonchev–Trinajstić information content (AvgIpc) is 4.21. The fourth-order valence-electron chi connectivity index (χ4n) is 11.6. The molecule has 0 aromatic heterocycles. The van der Waals surface area contributed by atoms with Gasteiger partial charge >= 0.3 is 0 Å². The number of fused-ring (bicyclic) bond motifs is 2. The lowest BCUT2D eigenvalue weighted by Gasteiger charge is -2.36. The van der Waals surface area contributed by atoms with Crippen molar-refractivity contribution >= 4 is 35.4 Å². The summed E-state index contributed by atoms with van der Waals surface area (Å²) in [6.45, 7) is 26.6. The summed E-state index contributed by atoms with van der Waals surface area (Å²) in [5.41, 5.74) is 3.48. The second kappa shape index (κ2) is 35.0. The van der Waals surface area contributed by atoms with Crippen LogP contribution in [-0.2, 0) is 60.6 Å². The standard InChI is InChI=1S/C34H55N3O5.C33H53N3O6/c1-7-9-10-13-20-41-21-15-22-42-28-23-25-16-11-12-17-26(25)29(28)35-32(39)27-18-14-19-37(27)33(40)30(34(4,5)6)36-31(38)24(3)8-2;1-6-23(2)30(38)35-29(33(3,4)5)32(40)36-17-12-16-26(36)31(39)34-28-25-15-9-8-14-24(25)22-27(28)42-21-13-20-41-19-11-7-10-18-37/h11-12,16-17,24,27-30H,7-10,13-15,18-23H2,1-6H3,(H,35,39)(H,36,38);8-9,14-15,23,26-29,37H,6-7,10-13,16-22H2,1-5H3,(H,34,39)(H,35,38)/t24-,27+,28-,29+,30-;23-,26+,27-,28+,29-/m11/s1. The van der Waals surface area contributed by atoms with E-state index in [2.05, 4.69) is 46.4 Å². The molecule has 472 valence electrons. The van der Waals surface area contributed by atoms with Gasteiger partial charge in [0.2, 0.25) is 35.4 Å². The van der Waals surface area contributed by atoms with Crippen molar-refractivity contribution in [2.75, 3.05) is 59.3 Å². The molecule has 0 radical (unpaired) electrons. The zero-order valence-corrected chi connectivity index (χ0v) is 53.2. The van der Waals surface area contributed by atoms with Gasteiger partial charge in [0.05, 0.1) is 24.3 Å². The van der Waals surface area contributed by atoms with Crippen molar-refractivity contribution in [2.24, 2.45) is 22.7 Å². The summed E-state index contributed by atoms with van der Waals surface area (Å²) in [5, 5.41) is 21.4. The lowest BCUT2D eigenvalue weighted by Crippen LogP contribution is -2.58. The van der Waals surface area contributed by atoms with Gasteiger partial charge < -0.3 is 55.1 Å². The molecule has 2 saturated heterocycles. The molecule has 2 aliphatic heterocycles. The molecule has 6 rings (SSSR count). The maximum Gasteiger partial charge on any atom is 0.246 e. The average molecular weight is 1170 g/mol. The van der Waals surface area contributed by atoms with Gasteiger partial charge in [-0.15, -0.1) is 0 Å². The highest BCUT2D eigenvalue weighted by Gasteiger charge is 2.46. The Morgan fingerprint density at radius 3 is 1.32 bits per heavy atom. The number of aliphatic hydroxyl groups excluding tert-OH is 1. The molecule has 0 unspecified atom stereocenters. The number of rotatable bonds is 32. The Hall–Kier alpha value is -4.94. The smallest absolute Gasteiger partial charge is 0.246 e. The molecule has 2 aromatic carbocycles. The van der Waals surface area contributed by atoms with Gasteiger partial charge in [0.25, 0.3) is 0 Å². The highest BCUT2D eigenvalue weighted by molar-refractivity contribution is 5.94. The van der Waals surface area contributed by atoms with E-state index >= 15 is 0 Å². The fourth-order valence-corrected chi connectivity index (χ4v) is 11.6. The normalized spacial score (nSPS) is 21.6. The zero-order chi connectivity index (χ0) is 61.4. The van der Waals surface area contributed by atoms with Crippen LogP contribution in [0.2, 0.25) is 0 Å². The number of nitrogens with one attached hydrogen (secondary N) is 4. The third kappa shape index (κ3) is 20.6. The summed E-state index contributed by atoms with van der Waals surface area (Å²) < 4.78 is 24.1. The molecule has 17 nitrogen and oxygen atoms in total. The first-order chi connectivity index (χ1) is 40.2. The number of carbonyl (C=O) groups excluding carboxylic acids is 6. The number of nitrogens with zero attached hydrogens (tertiary/aromatic N) is 2. The monoisotopic (exact) mass is 1170 g/mol. The van der Waals surface area contributed by atoms with E-state index in [1.54, 1.807) is 9.80 Å². The van der Waals surface area contributed by atoms with Gasteiger partial charge in [-0.05, 0) is 110 Å². The molecule has 6 amide bonds. The van der Waals surface area contributed by atoms with Crippen LogP contribution in [-0.4, -0.2) is 146 Å². The van der Waals surface area contributed by atoms with Crippen LogP contribution >= 0.6 is 0 Å². The molecule has 2 heterocycles. The second-order valence-electron chi connectivity index (χ2n) is 26.0. The second-order valence-corrected chi connectivity index (χ2v) is 26.0. The van der Waals surface area contributed by atoms with Crippen LogP contribution in [0.3, 0.4) is 0 Å². The van der Waals surface area contributed by atoms with Crippen LogP contribution in [0.15, 0.2) is 48.5 Å². The number of hydrogen-bond donors (Lipinski definition) is 5. The summed E-state index contributed by atoms with van der Waals surface area (Å²) >= 11 is 0. The number of unbranched alkanes of at least 4 members (excludes halogenated alkanes) is 5. The molecule has 2 aliphatic carbocycles. The summed E-state index contributed by atoms with van der Waals surface area (Å²) in [5.74, 6) is -1.37. The molecular formula is C67H108N6O11. The number of benzene rings is 2. The van der Waals surface area contributed by atoms with Crippen molar-refractivity contribution < 1.29 is 52.8 Å². The van der Waals surface area contributed by atoms with Crippen LogP contribution in [0.5, 0.6) is 0 Å². The van der Waals surface area contributed by atoms with Crippen molar-refractivity contribution in [3.63, 3.8) is 0 Å². The van der Waals surface area contributed by atoms with E-state index in [4.69, 9.17) is 24.1 Å². The van der Waals surface area contributed by atoms with Crippen molar-refractivity contribution in [3.8, 4) is 0 Å². The number of amides is 6. The van der Waals surface area contributed by atoms with E-state index in [1.807, 2.05) is 99.6 Å². The molecule has 2 fully saturated rings. The van der Waals surface area contributed by atoms with E-state index in [0.29, 0.717) is 78.2 Å². The van der Waals surface area contributed by atoms with E-state index in [-0.39, 0.29) is 78.2 Å². The van der Waals surface area contributed by atoms with Crippen molar-refractivity contribution in [2.45, 2.75) is 234 Å². The van der Waals surface area contributed by atoms with Gasteiger partial charge in [0.1, 0.15) is 24.2 Å². The number of ether oxygens (including phenoxy) is 4. The van der Waals surface area contributed by atoms with Gasteiger partial charge in [-0.2, -0.15) is 0 Å². The Labute approximate surface area is 503 Å². The Kier molecular flexibility index (Phi) is 29.1. The van der Waals surface area contributed by atoms with Gasteiger partial charge in [-0.25, -0.2) is 0 Å². The molecular weight excluding hydrogens is 1060 g/mol. The highest BCUT2D eigenvalue weighted by Crippen LogP contribution is 2.37. The lowest BCUT2D eigenvalue weighted by atomic mass is 9.85.